The number of rotatable bonds is 5. The first-order valence-electron chi connectivity index (χ1n) is 11.7. The molecule has 7 nitrogen and oxygen atoms in total. The number of carbonyl (C=O) groups is 1. The average molecular weight is 421 g/mol. The molecule has 2 saturated heterocycles. The molecule has 0 bridgehead atoms. The normalized spacial score (nSPS) is 22.1. The van der Waals surface area contributed by atoms with Gasteiger partial charge in [-0.2, -0.15) is 4.98 Å². The van der Waals surface area contributed by atoms with Crippen LogP contribution < -0.4 is 10.2 Å². The summed E-state index contributed by atoms with van der Waals surface area (Å²) in [7, 11) is 0. The van der Waals surface area contributed by atoms with Gasteiger partial charge in [-0.1, -0.05) is 0 Å². The number of aromatic nitrogens is 3. The third-order valence-corrected chi connectivity index (χ3v) is 6.99. The van der Waals surface area contributed by atoms with E-state index in [2.05, 4.69) is 40.3 Å². The zero-order chi connectivity index (χ0) is 21.4. The van der Waals surface area contributed by atoms with Crippen LogP contribution in [0.1, 0.15) is 75.5 Å². The standard InChI is InChI=1S/C24H32N6O/c1-16-4-3-11-30(16)24-26-21(19-8-12-29(13-9-19)17(2)31)15-23(28-24)27-22-14-20(7-10-25-22)18-5-6-18/h7,10,14-16,18-19H,3-6,8-9,11-13H2,1-2H3,(H,25,26,27,28). The summed E-state index contributed by atoms with van der Waals surface area (Å²) in [6.07, 6.45) is 8.69. The predicted octanol–water partition coefficient (Wildman–Crippen LogP) is 4.21. The highest BCUT2D eigenvalue weighted by Crippen LogP contribution is 2.40. The van der Waals surface area contributed by atoms with Crippen molar-refractivity contribution < 1.29 is 4.79 Å². The molecule has 3 fully saturated rings. The van der Waals surface area contributed by atoms with E-state index in [4.69, 9.17) is 9.97 Å². The second-order valence-electron chi connectivity index (χ2n) is 9.32. The molecule has 1 amide bonds. The first-order chi connectivity index (χ1) is 15.1. The second-order valence-corrected chi connectivity index (χ2v) is 9.32. The lowest BCUT2D eigenvalue weighted by molar-refractivity contribution is -0.129. The minimum absolute atomic E-state index is 0.164. The summed E-state index contributed by atoms with van der Waals surface area (Å²) in [4.78, 5) is 30.4. The predicted molar refractivity (Wildman–Crippen MR) is 122 cm³/mol. The van der Waals surface area contributed by atoms with E-state index in [1.807, 2.05) is 11.1 Å². The summed E-state index contributed by atoms with van der Waals surface area (Å²) < 4.78 is 0. The average Bonchev–Trinajstić information content (AvgIpc) is 3.54. The van der Waals surface area contributed by atoms with Crippen LogP contribution in [-0.4, -0.2) is 51.4 Å². The van der Waals surface area contributed by atoms with Crippen molar-refractivity contribution in [2.24, 2.45) is 0 Å². The number of carbonyl (C=O) groups excluding carboxylic acids is 1. The number of piperidine rings is 1. The van der Waals surface area contributed by atoms with Gasteiger partial charge in [0.25, 0.3) is 0 Å². The van der Waals surface area contributed by atoms with Crippen LogP contribution in [0.15, 0.2) is 24.4 Å². The van der Waals surface area contributed by atoms with Crippen molar-refractivity contribution in [3.05, 3.63) is 35.7 Å². The molecule has 1 saturated carbocycles. The van der Waals surface area contributed by atoms with Crippen LogP contribution in [0, 0.1) is 0 Å². The first kappa shape index (κ1) is 20.2. The van der Waals surface area contributed by atoms with Crippen LogP contribution in [0.4, 0.5) is 17.6 Å². The summed E-state index contributed by atoms with van der Waals surface area (Å²) in [5.74, 6) is 3.68. The molecule has 5 rings (SSSR count). The lowest BCUT2D eigenvalue weighted by Crippen LogP contribution is -2.36. The number of pyridine rings is 1. The quantitative estimate of drug-likeness (QED) is 0.781. The van der Waals surface area contributed by atoms with Gasteiger partial charge >= 0.3 is 0 Å². The van der Waals surface area contributed by atoms with Crippen molar-refractivity contribution in [1.82, 2.24) is 19.9 Å². The van der Waals surface area contributed by atoms with Crippen LogP contribution in [0.5, 0.6) is 0 Å². The van der Waals surface area contributed by atoms with Crippen molar-refractivity contribution in [2.45, 2.75) is 70.3 Å². The van der Waals surface area contributed by atoms with E-state index in [9.17, 15) is 4.79 Å². The Morgan fingerprint density at radius 3 is 2.48 bits per heavy atom. The van der Waals surface area contributed by atoms with Crippen LogP contribution in [0.25, 0.3) is 0 Å². The third-order valence-electron chi connectivity index (χ3n) is 6.99. The lowest BCUT2D eigenvalue weighted by atomic mass is 9.93. The Balaban J connectivity index is 1.42. The minimum Gasteiger partial charge on any atom is -0.343 e. The Hall–Kier alpha value is -2.70. The number of anilines is 3. The minimum atomic E-state index is 0.164. The van der Waals surface area contributed by atoms with E-state index >= 15 is 0 Å². The molecule has 0 spiro atoms. The SMILES string of the molecule is CC(=O)N1CCC(c2cc(Nc3cc(C4CC4)ccn3)nc(N3CCCC3C)n2)CC1. The van der Waals surface area contributed by atoms with E-state index in [1.54, 1.807) is 6.92 Å². The highest BCUT2D eigenvalue weighted by Gasteiger charge is 2.28. The number of nitrogens with one attached hydrogen (secondary N) is 1. The van der Waals surface area contributed by atoms with Gasteiger partial charge in [0.2, 0.25) is 11.9 Å². The maximum atomic E-state index is 11.7. The number of likely N-dealkylation sites (tertiary alicyclic amines) is 1. The topological polar surface area (TPSA) is 74.2 Å². The summed E-state index contributed by atoms with van der Waals surface area (Å²) in [6.45, 7) is 6.51. The van der Waals surface area contributed by atoms with E-state index < -0.39 is 0 Å². The number of hydrogen-bond acceptors (Lipinski definition) is 6. The van der Waals surface area contributed by atoms with E-state index in [0.717, 1.165) is 55.8 Å². The number of nitrogens with zero attached hydrogens (tertiary/aromatic N) is 5. The molecule has 2 aromatic rings. The molecule has 0 radical (unpaired) electrons. The molecule has 164 valence electrons. The van der Waals surface area contributed by atoms with Gasteiger partial charge in [-0.25, -0.2) is 9.97 Å². The maximum absolute atomic E-state index is 11.7. The molecular formula is C24H32N6O. The van der Waals surface area contributed by atoms with Crippen LogP contribution >= 0.6 is 0 Å². The van der Waals surface area contributed by atoms with E-state index in [1.165, 1.54) is 31.2 Å². The smallest absolute Gasteiger partial charge is 0.227 e. The summed E-state index contributed by atoms with van der Waals surface area (Å²) in [5.41, 5.74) is 2.44. The van der Waals surface area contributed by atoms with Gasteiger partial charge in [-0.05, 0) is 69.1 Å². The Labute approximate surface area is 184 Å². The largest absolute Gasteiger partial charge is 0.343 e. The molecule has 3 aliphatic rings. The van der Waals surface area contributed by atoms with Gasteiger partial charge in [0.15, 0.2) is 0 Å². The molecular weight excluding hydrogens is 388 g/mol. The molecule has 7 heteroatoms. The molecule has 0 aromatic carbocycles. The zero-order valence-electron chi connectivity index (χ0n) is 18.5. The van der Waals surface area contributed by atoms with E-state index in [-0.39, 0.29) is 5.91 Å². The molecule has 4 heterocycles. The Kier molecular flexibility index (Phi) is 5.50. The monoisotopic (exact) mass is 420 g/mol. The summed E-state index contributed by atoms with van der Waals surface area (Å²) in [6, 6.07) is 6.82. The van der Waals surface area contributed by atoms with Gasteiger partial charge in [-0.15, -0.1) is 0 Å². The van der Waals surface area contributed by atoms with Gasteiger partial charge in [0.1, 0.15) is 11.6 Å². The van der Waals surface area contributed by atoms with Crippen molar-refractivity contribution in [2.75, 3.05) is 29.9 Å². The van der Waals surface area contributed by atoms with Crippen LogP contribution in [0.2, 0.25) is 0 Å². The molecule has 2 aliphatic heterocycles. The van der Waals surface area contributed by atoms with Crippen LogP contribution in [-0.2, 0) is 4.79 Å². The maximum Gasteiger partial charge on any atom is 0.227 e. The number of amides is 1. The fourth-order valence-corrected chi connectivity index (χ4v) is 4.89. The fourth-order valence-electron chi connectivity index (χ4n) is 4.89. The summed E-state index contributed by atoms with van der Waals surface area (Å²) in [5, 5.41) is 3.46. The molecule has 31 heavy (non-hydrogen) atoms. The van der Waals surface area contributed by atoms with Gasteiger partial charge in [0.05, 0.1) is 5.69 Å². The lowest BCUT2D eigenvalue weighted by Gasteiger charge is -2.31. The zero-order valence-corrected chi connectivity index (χ0v) is 18.5. The van der Waals surface area contributed by atoms with Crippen molar-refractivity contribution >= 4 is 23.5 Å². The highest BCUT2D eigenvalue weighted by atomic mass is 16.2. The summed E-state index contributed by atoms with van der Waals surface area (Å²) >= 11 is 0. The Morgan fingerprint density at radius 2 is 1.81 bits per heavy atom. The van der Waals surface area contributed by atoms with E-state index in [0.29, 0.717) is 17.9 Å². The van der Waals surface area contributed by atoms with Gasteiger partial charge in [-0.3, -0.25) is 4.79 Å². The first-order valence-corrected chi connectivity index (χ1v) is 11.7. The molecule has 1 N–H and O–H groups in total. The molecule has 1 aliphatic carbocycles. The third kappa shape index (κ3) is 4.50. The Bertz CT molecular complexity index is 951. The second kappa shape index (κ2) is 8.44. The number of hydrogen-bond donors (Lipinski definition) is 1. The van der Waals surface area contributed by atoms with Crippen molar-refractivity contribution in [1.29, 1.82) is 0 Å². The Morgan fingerprint density at radius 1 is 1.00 bits per heavy atom. The van der Waals surface area contributed by atoms with Gasteiger partial charge in [0, 0.05) is 50.8 Å². The fraction of sp³-hybridized carbons (Fsp3) is 0.583. The molecule has 1 unspecified atom stereocenters. The van der Waals surface area contributed by atoms with Gasteiger partial charge < -0.3 is 15.1 Å². The highest BCUT2D eigenvalue weighted by molar-refractivity contribution is 5.73. The van der Waals surface area contributed by atoms with Crippen LogP contribution in [0.3, 0.4) is 0 Å². The molecule has 1 atom stereocenters. The van der Waals surface area contributed by atoms with Crippen molar-refractivity contribution in [3.8, 4) is 0 Å². The van der Waals surface area contributed by atoms with Crippen molar-refractivity contribution in [3.63, 3.8) is 0 Å². The molecule has 2 aromatic heterocycles.